The fraction of sp³-hybridized carbons (Fsp3) is 0.333. The zero-order chi connectivity index (χ0) is 19.4. The van der Waals surface area contributed by atoms with Crippen LogP contribution in [0.4, 0.5) is 14.6 Å². The number of nitrogens with two attached hydrogens (primary N) is 1. The van der Waals surface area contributed by atoms with Gasteiger partial charge < -0.3 is 15.5 Å². The molecule has 1 aliphatic rings. The summed E-state index contributed by atoms with van der Waals surface area (Å²) in [5.41, 5.74) is 6.51. The summed E-state index contributed by atoms with van der Waals surface area (Å²) >= 11 is 0. The first-order chi connectivity index (χ1) is 13.0. The van der Waals surface area contributed by atoms with Crippen molar-refractivity contribution in [3.63, 3.8) is 0 Å². The van der Waals surface area contributed by atoms with E-state index in [4.69, 9.17) is 5.73 Å². The molecule has 3 rings (SSSR count). The van der Waals surface area contributed by atoms with Gasteiger partial charge in [-0.05, 0) is 23.8 Å². The standard InChI is InChI=1S/C18H20F2N6O/c1-12(27)25-6-8-26(9-7-25)16-10-13(2-4-22-16)14(11-21)18-23-5-3-15(24-18)17(19)20/h2-5,10-11,17H,6-9,21H2,1H3. The average Bonchev–Trinajstić information content (AvgIpc) is 2.69. The Bertz CT molecular complexity index is 849. The molecule has 1 saturated heterocycles. The summed E-state index contributed by atoms with van der Waals surface area (Å²) in [6.45, 7) is 4.13. The molecule has 9 heteroatoms. The van der Waals surface area contributed by atoms with Crippen molar-refractivity contribution in [2.75, 3.05) is 31.1 Å². The number of nitrogens with zero attached hydrogens (tertiary/aromatic N) is 5. The van der Waals surface area contributed by atoms with Crippen LogP contribution in [-0.2, 0) is 4.79 Å². The lowest BCUT2D eigenvalue weighted by molar-refractivity contribution is -0.129. The van der Waals surface area contributed by atoms with E-state index in [1.165, 1.54) is 18.5 Å². The van der Waals surface area contributed by atoms with Crippen LogP contribution in [0.1, 0.15) is 30.4 Å². The van der Waals surface area contributed by atoms with E-state index >= 15 is 0 Å². The van der Waals surface area contributed by atoms with Gasteiger partial charge in [0.25, 0.3) is 6.43 Å². The molecule has 2 aromatic rings. The Hall–Kier alpha value is -3.10. The lowest BCUT2D eigenvalue weighted by Crippen LogP contribution is -2.48. The molecule has 0 spiro atoms. The molecule has 0 aliphatic carbocycles. The summed E-state index contributed by atoms with van der Waals surface area (Å²) < 4.78 is 25.9. The maximum atomic E-state index is 12.9. The van der Waals surface area contributed by atoms with Crippen LogP contribution in [0.5, 0.6) is 0 Å². The summed E-state index contributed by atoms with van der Waals surface area (Å²) in [7, 11) is 0. The number of halogens is 2. The van der Waals surface area contributed by atoms with Crippen molar-refractivity contribution in [3.05, 3.63) is 53.9 Å². The fourth-order valence-electron chi connectivity index (χ4n) is 2.93. The van der Waals surface area contributed by atoms with Gasteiger partial charge in [-0.3, -0.25) is 4.79 Å². The topological polar surface area (TPSA) is 88.2 Å². The molecule has 3 heterocycles. The van der Waals surface area contributed by atoms with E-state index < -0.39 is 6.43 Å². The number of rotatable bonds is 4. The maximum Gasteiger partial charge on any atom is 0.280 e. The third-order valence-corrected chi connectivity index (χ3v) is 4.41. The molecule has 0 unspecified atom stereocenters. The van der Waals surface area contributed by atoms with Gasteiger partial charge in [0, 0.05) is 57.3 Å². The van der Waals surface area contributed by atoms with Crippen LogP contribution in [0.3, 0.4) is 0 Å². The van der Waals surface area contributed by atoms with Crippen molar-refractivity contribution in [2.45, 2.75) is 13.3 Å². The first kappa shape index (κ1) is 18.7. The maximum absolute atomic E-state index is 12.9. The van der Waals surface area contributed by atoms with Crippen LogP contribution < -0.4 is 10.6 Å². The Balaban J connectivity index is 1.84. The molecule has 0 aromatic carbocycles. The van der Waals surface area contributed by atoms with Crippen LogP contribution in [0.15, 0.2) is 36.8 Å². The second kappa shape index (κ2) is 8.07. The van der Waals surface area contributed by atoms with Gasteiger partial charge in [0.05, 0.1) is 0 Å². The zero-order valence-electron chi connectivity index (χ0n) is 14.8. The molecule has 1 aliphatic heterocycles. The summed E-state index contributed by atoms with van der Waals surface area (Å²) in [6, 6.07) is 4.72. The van der Waals surface area contributed by atoms with Crippen molar-refractivity contribution >= 4 is 17.3 Å². The van der Waals surface area contributed by atoms with Gasteiger partial charge in [0.1, 0.15) is 11.5 Å². The first-order valence-corrected chi connectivity index (χ1v) is 8.50. The molecular weight excluding hydrogens is 354 g/mol. The summed E-state index contributed by atoms with van der Waals surface area (Å²) in [5.74, 6) is 0.912. The van der Waals surface area contributed by atoms with E-state index in [-0.39, 0.29) is 17.4 Å². The summed E-state index contributed by atoms with van der Waals surface area (Å²) in [6.07, 6.45) is 1.53. The zero-order valence-corrected chi connectivity index (χ0v) is 14.8. The lowest BCUT2D eigenvalue weighted by atomic mass is 10.1. The van der Waals surface area contributed by atoms with Crippen molar-refractivity contribution in [2.24, 2.45) is 5.73 Å². The van der Waals surface area contributed by atoms with Gasteiger partial charge in [0.2, 0.25) is 5.91 Å². The van der Waals surface area contributed by atoms with Crippen LogP contribution in [0.25, 0.3) is 5.57 Å². The van der Waals surface area contributed by atoms with Gasteiger partial charge in [-0.15, -0.1) is 0 Å². The summed E-state index contributed by atoms with van der Waals surface area (Å²) in [4.78, 5) is 27.7. The quantitative estimate of drug-likeness (QED) is 0.878. The van der Waals surface area contributed by atoms with E-state index in [1.54, 1.807) is 24.1 Å². The molecule has 0 saturated carbocycles. The molecular formula is C18H20F2N6O. The van der Waals surface area contributed by atoms with Crippen LogP contribution in [0, 0.1) is 0 Å². The van der Waals surface area contributed by atoms with E-state index in [2.05, 4.69) is 19.9 Å². The van der Waals surface area contributed by atoms with Crippen LogP contribution in [0.2, 0.25) is 0 Å². The van der Waals surface area contributed by atoms with E-state index in [0.29, 0.717) is 37.3 Å². The van der Waals surface area contributed by atoms with E-state index in [0.717, 1.165) is 5.82 Å². The minimum atomic E-state index is -2.68. The van der Waals surface area contributed by atoms with Crippen molar-refractivity contribution < 1.29 is 13.6 Å². The normalized spacial score (nSPS) is 15.3. The van der Waals surface area contributed by atoms with Gasteiger partial charge >= 0.3 is 0 Å². The number of piperazine rings is 1. The van der Waals surface area contributed by atoms with E-state index in [9.17, 15) is 13.6 Å². The Morgan fingerprint density at radius 1 is 1.19 bits per heavy atom. The Morgan fingerprint density at radius 2 is 1.89 bits per heavy atom. The monoisotopic (exact) mass is 374 g/mol. The van der Waals surface area contributed by atoms with Crippen molar-refractivity contribution in [1.82, 2.24) is 19.9 Å². The van der Waals surface area contributed by atoms with Gasteiger partial charge in [0.15, 0.2) is 5.82 Å². The Labute approximate surface area is 155 Å². The number of amides is 1. The second-order valence-corrected chi connectivity index (χ2v) is 6.08. The summed E-state index contributed by atoms with van der Waals surface area (Å²) in [5, 5.41) is 0. The largest absolute Gasteiger partial charge is 0.404 e. The van der Waals surface area contributed by atoms with Crippen LogP contribution >= 0.6 is 0 Å². The average molecular weight is 374 g/mol. The predicted molar refractivity (Wildman–Crippen MR) is 97.0 cm³/mol. The SMILES string of the molecule is CC(=O)N1CCN(c2cc(C(=CN)c3nccc(C(F)F)n3)ccn2)CC1. The van der Waals surface area contributed by atoms with E-state index in [1.807, 2.05) is 6.07 Å². The highest BCUT2D eigenvalue weighted by atomic mass is 19.3. The third kappa shape index (κ3) is 4.18. The molecule has 1 amide bonds. The predicted octanol–water partition coefficient (Wildman–Crippen LogP) is 1.83. The smallest absolute Gasteiger partial charge is 0.280 e. The molecule has 1 fully saturated rings. The molecule has 0 radical (unpaired) electrons. The Kier molecular flexibility index (Phi) is 5.58. The molecule has 0 atom stereocenters. The Morgan fingerprint density at radius 3 is 2.52 bits per heavy atom. The second-order valence-electron chi connectivity index (χ2n) is 6.08. The number of alkyl halides is 2. The molecule has 7 nitrogen and oxygen atoms in total. The third-order valence-electron chi connectivity index (χ3n) is 4.41. The number of hydrogen-bond donors (Lipinski definition) is 1. The van der Waals surface area contributed by atoms with Crippen molar-refractivity contribution in [3.8, 4) is 0 Å². The van der Waals surface area contributed by atoms with Crippen LogP contribution in [-0.4, -0.2) is 51.9 Å². The lowest BCUT2D eigenvalue weighted by Gasteiger charge is -2.35. The fourth-order valence-corrected chi connectivity index (χ4v) is 2.93. The number of aromatic nitrogens is 3. The first-order valence-electron chi connectivity index (χ1n) is 8.50. The van der Waals surface area contributed by atoms with Gasteiger partial charge in [-0.1, -0.05) is 0 Å². The number of carbonyl (C=O) groups is 1. The molecule has 2 N–H and O–H groups in total. The highest BCUT2D eigenvalue weighted by Gasteiger charge is 2.20. The molecule has 142 valence electrons. The molecule has 2 aromatic heterocycles. The number of pyridine rings is 1. The molecule has 0 bridgehead atoms. The minimum absolute atomic E-state index is 0.0563. The van der Waals surface area contributed by atoms with Crippen molar-refractivity contribution in [1.29, 1.82) is 0 Å². The highest BCUT2D eigenvalue weighted by Crippen LogP contribution is 2.25. The minimum Gasteiger partial charge on any atom is -0.404 e. The number of carbonyl (C=O) groups excluding carboxylic acids is 1. The van der Waals surface area contributed by atoms with Gasteiger partial charge in [-0.25, -0.2) is 23.7 Å². The number of hydrogen-bond acceptors (Lipinski definition) is 6. The number of anilines is 1. The molecule has 27 heavy (non-hydrogen) atoms. The highest BCUT2D eigenvalue weighted by molar-refractivity contribution is 5.77. The van der Waals surface area contributed by atoms with Gasteiger partial charge in [-0.2, -0.15) is 0 Å².